The maximum atomic E-state index is 11.5. The summed E-state index contributed by atoms with van der Waals surface area (Å²) in [6.07, 6.45) is 1.68. The molecule has 26 heavy (non-hydrogen) atoms. The number of nitrogens with two attached hydrogens (primary N) is 1. The van der Waals surface area contributed by atoms with Gasteiger partial charge in [0.25, 0.3) is 5.91 Å². The van der Waals surface area contributed by atoms with E-state index < -0.39 is 5.91 Å². The predicted octanol–water partition coefficient (Wildman–Crippen LogP) is 3.01. The Morgan fingerprint density at radius 1 is 1.23 bits per heavy atom. The Morgan fingerprint density at radius 3 is 2.77 bits per heavy atom. The van der Waals surface area contributed by atoms with Crippen molar-refractivity contribution in [2.24, 2.45) is 5.73 Å². The Hall–Kier alpha value is -3.61. The van der Waals surface area contributed by atoms with Gasteiger partial charge in [0.15, 0.2) is 0 Å². The molecule has 132 valence electrons. The first kappa shape index (κ1) is 17.2. The van der Waals surface area contributed by atoms with E-state index in [1.165, 1.54) is 12.1 Å². The van der Waals surface area contributed by atoms with Gasteiger partial charge in [-0.3, -0.25) is 4.79 Å². The van der Waals surface area contributed by atoms with Gasteiger partial charge >= 0.3 is 0 Å². The highest BCUT2D eigenvalue weighted by molar-refractivity contribution is 5.96. The number of primary amides is 1. The molecule has 0 fully saturated rings. The van der Waals surface area contributed by atoms with Crippen molar-refractivity contribution in [1.82, 2.24) is 9.97 Å². The third-order valence-corrected chi connectivity index (χ3v) is 3.83. The Morgan fingerprint density at radius 2 is 2.04 bits per heavy atom. The first-order valence-electron chi connectivity index (χ1n) is 7.86. The van der Waals surface area contributed by atoms with Crippen LogP contribution in [-0.4, -0.2) is 28.1 Å². The number of amides is 1. The number of carbonyl (C=O) groups is 1. The molecule has 1 amide bonds. The third kappa shape index (κ3) is 3.56. The van der Waals surface area contributed by atoms with Crippen LogP contribution in [-0.2, 0) is 0 Å². The zero-order chi connectivity index (χ0) is 18.7. The second-order valence-corrected chi connectivity index (χ2v) is 5.68. The standard InChI is InChI=1S/C19H18N4O3/c1-11-10-21-19(22-13-4-3-5-14(9-13)26-2)23-17(11)12-6-7-16(24)15(8-12)18(20)25/h3-10,24H,1-2H3,(H2,20,25)(H,21,22,23). The molecule has 0 unspecified atom stereocenters. The van der Waals surface area contributed by atoms with E-state index in [0.717, 1.165) is 11.3 Å². The lowest BCUT2D eigenvalue weighted by Crippen LogP contribution is -2.11. The van der Waals surface area contributed by atoms with Gasteiger partial charge in [0.2, 0.25) is 5.95 Å². The maximum absolute atomic E-state index is 11.5. The summed E-state index contributed by atoms with van der Waals surface area (Å²) in [5.41, 5.74) is 8.24. The normalized spacial score (nSPS) is 10.4. The van der Waals surface area contributed by atoms with Crippen molar-refractivity contribution in [1.29, 1.82) is 0 Å². The summed E-state index contributed by atoms with van der Waals surface area (Å²) < 4.78 is 5.20. The van der Waals surface area contributed by atoms with Crippen molar-refractivity contribution >= 4 is 17.5 Å². The molecule has 0 aliphatic carbocycles. The molecule has 3 aromatic rings. The number of carbonyl (C=O) groups excluding carboxylic acids is 1. The Balaban J connectivity index is 1.98. The second-order valence-electron chi connectivity index (χ2n) is 5.68. The van der Waals surface area contributed by atoms with E-state index in [1.807, 2.05) is 31.2 Å². The summed E-state index contributed by atoms with van der Waals surface area (Å²) in [4.78, 5) is 20.3. The average Bonchev–Trinajstić information content (AvgIpc) is 2.64. The highest BCUT2D eigenvalue weighted by Gasteiger charge is 2.13. The number of ether oxygens (including phenoxy) is 1. The molecule has 0 aliphatic heterocycles. The first-order chi connectivity index (χ1) is 12.5. The van der Waals surface area contributed by atoms with E-state index in [0.29, 0.717) is 23.0 Å². The molecule has 7 nitrogen and oxygen atoms in total. The SMILES string of the molecule is COc1cccc(Nc2ncc(C)c(-c3ccc(O)c(C(N)=O)c3)n2)c1. The molecule has 0 atom stereocenters. The van der Waals surface area contributed by atoms with Crippen LogP contribution in [0.2, 0.25) is 0 Å². The van der Waals surface area contributed by atoms with Crippen molar-refractivity contribution in [2.75, 3.05) is 12.4 Å². The van der Waals surface area contributed by atoms with Crippen LogP contribution in [0.5, 0.6) is 11.5 Å². The van der Waals surface area contributed by atoms with Gasteiger partial charge in [0, 0.05) is 23.5 Å². The predicted molar refractivity (Wildman–Crippen MR) is 98.7 cm³/mol. The van der Waals surface area contributed by atoms with Gasteiger partial charge < -0.3 is 20.9 Å². The van der Waals surface area contributed by atoms with Gasteiger partial charge in [-0.1, -0.05) is 6.07 Å². The lowest BCUT2D eigenvalue weighted by atomic mass is 10.0. The number of rotatable bonds is 5. The minimum Gasteiger partial charge on any atom is -0.507 e. The Kier molecular flexibility index (Phi) is 4.70. The number of hydrogen-bond donors (Lipinski definition) is 3. The van der Waals surface area contributed by atoms with Gasteiger partial charge in [0.05, 0.1) is 18.4 Å². The van der Waals surface area contributed by atoms with Crippen LogP contribution >= 0.6 is 0 Å². The third-order valence-electron chi connectivity index (χ3n) is 3.83. The summed E-state index contributed by atoms with van der Waals surface area (Å²) in [6.45, 7) is 1.86. The largest absolute Gasteiger partial charge is 0.507 e. The zero-order valence-corrected chi connectivity index (χ0v) is 14.4. The van der Waals surface area contributed by atoms with E-state index in [9.17, 15) is 9.90 Å². The highest BCUT2D eigenvalue weighted by atomic mass is 16.5. The topological polar surface area (TPSA) is 110 Å². The fourth-order valence-corrected chi connectivity index (χ4v) is 2.51. The second kappa shape index (κ2) is 7.10. The van der Waals surface area contributed by atoms with Gasteiger partial charge in [-0.15, -0.1) is 0 Å². The molecule has 0 spiro atoms. The van der Waals surface area contributed by atoms with Crippen LogP contribution in [0.4, 0.5) is 11.6 Å². The van der Waals surface area contributed by atoms with Crippen LogP contribution in [0, 0.1) is 6.92 Å². The number of hydrogen-bond acceptors (Lipinski definition) is 6. The van der Waals surface area contributed by atoms with Crippen LogP contribution in [0.1, 0.15) is 15.9 Å². The molecule has 2 aromatic carbocycles. The molecule has 0 bridgehead atoms. The number of aromatic hydroxyl groups is 1. The number of aryl methyl sites for hydroxylation is 1. The molecule has 3 rings (SSSR count). The van der Waals surface area contributed by atoms with E-state index in [1.54, 1.807) is 19.4 Å². The lowest BCUT2D eigenvalue weighted by molar-refractivity contribution is 0.0998. The average molecular weight is 350 g/mol. The van der Waals surface area contributed by atoms with Crippen molar-refractivity contribution < 1.29 is 14.6 Å². The molecule has 0 saturated carbocycles. The number of phenols is 1. The summed E-state index contributed by atoms with van der Waals surface area (Å²) in [5.74, 6) is 0.244. The number of methoxy groups -OCH3 is 1. The van der Waals surface area contributed by atoms with Crippen molar-refractivity contribution in [3.8, 4) is 22.8 Å². The van der Waals surface area contributed by atoms with E-state index in [2.05, 4.69) is 15.3 Å². The molecule has 0 radical (unpaired) electrons. The summed E-state index contributed by atoms with van der Waals surface area (Å²) >= 11 is 0. The van der Waals surface area contributed by atoms with Crippen LogP contribution < -0.4 is 15.8 Å². The fraction of sp³-hybridized carbons (Fsp3) is 0.105. The van der Waals surface area contributed by atoms with Crippen molar-refractivity contribution in [3.63, 3.8) is 0 Å². The van der Waals surface area contributed by atoms with Crippen LogP contribution in [0.3, 0.4) is 0 Å². The number of nitrogens with zero attached hydrogens (tertiary/aromatic N) is 2. The number of aromatic nitrogens is 2. The smallest absolute Gasteiger partial charge is 0.252 e. The van der Waals surface area contributed by atoms with Crippen LogP contribution in [0.15, 0.2) is 48.7 Å². The van der Waals surface area contributed by atoms with Gasteiger partial charge in [-0.25, -0.2) is 9.97 Å². The first-order valence-corrected chi connectivity index (χ1v) is 7.86. The van der Waals surface area contributed by atoms with E-state index in [-0.39, 0.29) is 11.3 Å². The zero-order valence-electron chi connectivity index (χ0n) is 14.4. The molecule has 4 N–H and O–H groups in total. The minimum absolute atomic E-state index is 0.0443. The summed E-state index contributed by atoms with van der Waals surface area (Å²) in [6, 6.07) is 12.0. The van der Waals surface area contributed by atoms with E-state index >= 15 is 0 Å². The van der Waals surface area contributed by atoms with Crippen LogP contribution in [0.25, 0.3) is 11.3 Å². The fourth-order valence-electron chi connectivity index (χ4n) is 2.51. The van der Waals surface area contributed by atoms with Gasteiger partial charge in [0.1, 0.15) is 11.5 Å². The molecular weight excluding hydrogens is 332 g/mol. The highest BCUT2D eigenvalue weighted by Crippen LogP contribution is 2.28. The molecule has 7 heteroatoms. The van der Waals surface area contributed by atoms with Crippen molar-refractivity contribution in [2.45, 2.75) is 6.92 Å². The monoisotopic (exact) mass is 350 g/mol. The number of anilines is 2. The van der Waals surface area contributed by atoms with E-state index in [4.69, 9.17) is 10.5 Å². The quantitative estimate of drug-likeness (QED) is 0.652. The molecule has 0 aliphatic rings. The molecular formula is C19H18N4O3. The van der Waals surface area contributed by atoms with Crippen molar-refractivity contribution in [3.05, 3.63) is 59.8 Å². The number of nitrogens with one attached hydrogen (secondary N) is 1. The lowest BCUT2D eigenvalue weighted by Gasteiger charge is -2.11. The van der Waals surface area contributed by atoms with Gasteiger partial charge in [-0.2, -0.15) is 0 Å². The Labute approximate surface area is 150 Å². The molecule has 1 aromatic heterocycles. The Bertz CT molecular complexity index is 973. The number of benzene rings is 2. The summed E-state index contributed by atoms with van der Waals surface area (Å²) in [5, 5.41) is 12.9. The molecule has 1 heterocycles. The minimum atomic E-state index is -0.703. The maximum Gasteiger partial charge on any atom is 0.252 e. The molecule has 0 saturated heterocycles. The summed E-state index contributed by atoms with van der Waals surface area (Å²) in [7, 11) is 1.60. The van der Waals surface area contributed by atoms with Gasteiger partial charge in [-0.05, 0) is 42.8 Å².